The highest BCUT2D eigenvalue weighted by Gasteiger charge is 2.27. The zero-order valence-electron chi connectivity index (χ0n) is 19.2. The van der Waals surface area contributed by atoms with E-state index in [2.05, 4.69) is 9.80 Å². The lowest BCUT2D eigenvalue weighted by Gasteiger charge is -2.26. The first-order valence-electron chi connectivity index (χ1n) is 11.5. The summed E-state index contributed by atoms with van der Waals surface area (Å²) >= 11 is 0. The molecule has 0 bridgehead atoms. The molecule has 3 aliphatic rings. The van der Waals surface area contributed by atoms with Gasteiger partial charge in [-0.3, -0.25) is 14.6 Å². The first-order chi connectivity index (χ1) is 15.8. The predicted molar refractivity (Wildman–Crippen MR) is 135 cm³/mol. The second-order valence-corrected chi connectivity index (χ2v) is 8.35. The van der Waals surface area contributed by atoms with Crippen LogP contribution in [0.4, 0.5) is 0 Å². The first kappa shape index (κ1) is 26.7. The molecule has 2 saturated heterocycles. The number of benzene rings is 2. The largest absolute Gasteiger partial charge is 0.492 e. The second-order valence-electron chi connectivity index (χ2n) is 8.35. The number of ketones is 1. The Morgan fingerprint density at radius 2 is 1.06 bits per heavy atom. The zero-order chi connectivity index (χ0) is 21.8. The van der Waals surface area contributed by atoms with Gasteiger partial charge in [0, 0.05) is 50.4 Å². The van der Waals surface area contributed by atoms with Crippen LogP contribution in [0.1, 0.15) is 15.9 Å². The molecule has 2 aliphatic heterocycles. The molecule has 1 aliphatic carbocycles. The smallest absolute Gasteiger partial charge is 0.194 e. The van der Waals surface area contributed by atoms with Crippen molar-refractivity contribution in [3.05, 3.63) is 47.5 Å². The molecule has 0 radical (unpaired) electrons. The summed E-state index contributed by atoms with van der Waals surface area (Å²) in [5, 5.41) is 0. The van der Waals surface area contributed by atoms with E-state index in [1.165, 1.54) is 0 Å². The molecular weight excluding hydrogens is 479 g/mol. The number of nitrogens with zero attached hydrogens (tertiary/aromatic N) is 2. The van der Waals surface area contributed by atoms with Crippen molar-refractivity contribution in [2.24, 2.45) is 0 Å². The minimum atomic E-state index is 0. The van der Waals surface area contributed by atoms with E-state index in [4.69, 9.17) is 18.9 Å². The normalized spacial score (nSPS) is 17.8. The Hall–Kier alpha value is -1.87. The van der Waals surface area contributed by atoms with Crippen molar-refractivity contribution in [2.45, 2.75) is 0 Å². The summed E-state index contributed by atoms with van der Waals surface area (Å²) in [4.78, 5) is 17.7. The third-order valence-electron chi connectivity index (χ3n) is 6.32. The van der Waals surface area contributed by atoms with E-state index in [1.54, 1.807) is 0 Å². The Morgan fingerprint density at radius 3 is 1.47 bits per heavy atom. The van der Waals surface area contributed by atoms with Crippen LogP contribution >= 0.6 is 24.8 Å². The maximum atomic E-state index is 13.1. The number of carbonyl (C=O) groups excluding carboxylic acids is 1. The lowest BCUT2D eigenvalue weighted by molar-refractivity contribution is 0.0321. The monoisotopic (exact) mass is 510 g/mol. The molecule has 9 heteroatoms. The molecule has 186 valence electrons. The van der Waals surface area contributed by atoms with Crippen LogP contribution in [0.2, 0.25) is 0 Å². The molecule has 0 aromatic heterocycles. The molecule has 5 rings (SSSR count). The molecule has 0 atom stereocenters. The molecule has 0 amide bonds. The topological polar surface area (TPSA) is 60.5 Å². The number of morpholine rings is 2. The van der Waals surface area contributed by atoms with Crippen LogP contribution in [-0.4, -0.2) is 94.5 Å². The molecule has 2 aromatic carbocycles. The molecule has 7 nitrogen and oxygen atoms in total. The van der Waals surface area contributed by atoms with Crippen LogP contribution in [0.15, 0.2) is 36.4 Å². The van der Waals surface area contributed by atoms with Gasteiger partial charge in [0.1, 0.15) is 24.7 Å². The van der Waals surface area contributed by atoms with E-state index < -0.39 is 0 Å². The molecule has 0 saturated carbocycles. The quantitative estimate of drug-likeness (QED) is 0.461. The molecule has 2 aromatic rings. The summed E-state index contributed by atoms with van der Waals surface area (Å²) in [6.45, 7) is 9.82. The van der Waals surface area contributed by atoms with Crippen LogP contribution < -0.4 is 9.47 Å². The number of rotatable bonds is 8. The van der Waals surface area contributed by atoms with Gasteiger partial charge >= 0.3 is 0 Å². The second kappa shape index (κ2) is 12.7. The fourth-order valence-electron chi connectivity index (χ4n) is 4.45. The van der Waals surface area contributed by atoms with Gasteiger partial charge in [0.15, 0.2) is 5.78 Å². The summed E-state index contributed by atoms with van der Waals surface area (Å²) < 4.78 is 22.6. The van der Waals surface area contributed by atoms with Gasteiger partial charge in [-0.05, 0) is 47.5 Å². The van der Waals surface area contributed by atoms with Crippen molar-refractivity contribution in [1.82, 2.24) is 9.80 Å². The highest BCUT2D eigenvalue weighted by molar-refractivity contribution is 6.22. The van der Waals surface area contributed by atoms with Crippen LogP contribution in [0, 0.1) is 0 Å². The minimum absolute atomic E-state index is 0. The van der Waals surface area contributed by atoms with E-state index in [0.29, 0.717) is 24.3 Å². The molecule has 0 spiro atoms. The standard InChI is InChI=1S/C25H30N2O5.2ClH/c28-25-23-17-19(31-15-9-26-5-11-29-12-6-26)1-3-21(23)22-4-2-20(18-24(22)25)32-16-10-27-7-13-30-14-8-27;;/h1-4,17-18H,5-16H2;2*1H. The summed E-state index contributed by atoms with van der Waals surface area (Å²) in [5.74, 6) is 1.51. The van der Waals surface area contributed by atoms with Crippen LogP contribution in [0.3, 0.4) is 0 Å². The van der Waals surface area contributed by atoms with Crippen molar-refractivity contribution < 1.29 is 23.7 Å². The maximum Gasteiger partial charge on any atom is 0.194 e. The maximum absolute atomic E-state index is 13.1. The predicted octanol–water partition coefficient (Wildman–Crippen LogP) is 3.16. The van der Waals surface area contributed by atoms with Crippen LogP contribution in [0.25, 0.3) is 11.1 Å². The molecule has 34 heavy (non-hydrogen) atoms. The van der Waals surface area contributed by atoms with Gasteiger partial charge < -0.3 is 18.9 Å². The molecule has 2 heterocycles. The Morgan fingerprint density at radius 1 is 0.647 bits per heavy atom. The number of halogens is 2. The van der Waals surface area contributed by atoms with E-state index in [0.717, 1.165) is 88.3 Å². The highest BCUT2D eigenvalue weighted by Crippen LogP contribution is 2.39. The van der Waals surface area contributed by atoms with E-state index in [1.807, 2.05) is 36.4 Å². The lowest BCUT2D eigenvalue weighted by Crippen LogP contribution is -2.38. The Balaban J connectivity index is 0.00000162. The first-order valence-corrected chi connectivity index (χ1v) is 11.5. The molecular formula is C25H32Cl2N2O5. The van der Waals surface area contributed by atoms with Crippen molar-refractivity contribution in [3.8, 4) is 22.6 Å². The van der Waals surface area contributed by atoms with Gasteiger partial charge in [-0.15, -0.1) is 24.8 Å². The Labute approximate surface area is 213 Å². The van der Waals surface area contributed by atoms with Crippen molar-refractivity contribution in [1.29, 1.82) is 0 Å². The van der Waals surface area contributed by atoms with Gasteiger partial charge in [0.05, 0.1) is 26.4 Å². The summed E-state index contributed by atoms with van der Waals surface area (Å²) in [7, 11) is 0. The number of ether oxygens (including phenoxy) is 4. The average Bonchev–Trinajstić information content (AvgIpc) is 3.11. The van der Waals surface area contributed by atoms with Crippen molar-refractivity contribution >= 4 is 30.6 Å². The zero-order valence-corrected chi connectivity index (χ0v) is 20.8. The fraction of sp³-hybridized carbons (Fsp3) is 0.480. The van der Waals surface area contributed by atoms with Gasteiger partial charge in [-0.1, -0.05) is 0 Å². The van der Waals surface area contributed by atoms with Gasteiger partial charge in [-0.2, -0.15) is 0 Å². The Kier molecular flexibility index (Phi) is 10.0. The van der Waals surface area contributed by atoms with Crippen LogP contribution in [0.5, 0.6) is 11.5 Å². The summed E-state index contributed by atoms with van der Waals surface area (Å²) in [6, 6.07) is 11.6. The highest BCUT2D eigenvalue weighted by atomic mass is 35.5. The van der Waals surface area contributed by atoms with Gasteiger partial charge in [0.2, 0.25) is 0 Å². The number of fused-ring (bicyclic) bond motifs is 3. The molecule has 0 N–H and O–H groups in total. The number of carbonyl (C=O) groups is 1. The third kappa shape index (κ3) is 6.22. The van der Waals surface area contributed by atoms with Crippen molar-refractivity contribution in [2.75, 3.05) is 78.9 Å². The summed E-state index contributed by atoms with van der Waals surface area (Å²) in [6.07, 6.45) is 0. The molecule has 2 fully saturated rings. The van der Waals surface area contributed by atoms with Gasteiger partial charge in [-0.25, -0.2) is 0 Å². The minimum Gasteiger partial charge on any atom is -0.492 e. The van der Waals surface area contributed by atoms with E-state index in [9.17, 15) is 4.79 Å². The van der Waals surface area contributed by atoms with Gasteiger partial charge in [0.25, 0.3) is 0 Å². The number of hydrogen-bond acceptors (Lipinski definition) is 7. The third-order valence-corrected chi connectivity index (χ3v) is 6.32. The van der Waals surface area contributed by atoms with E-state index in [-0.39, 0.29) is 30.6 Å². The molecule has 0 unspecified atom stereocenters. The van der Waals surface area contributed by atoms with Crippen LogP contribution in [-0.2, 0) is 9.47 Å². The lowest BCUT2D eigenvalue weighted by atomic mass is 10.1. The average molecular weight is 511 g/mol. The SMILES string of the molecule is Cl.Cl.O=C1c2cc(OCCN3CCOCC3)ccc2-c2ccc(OCCN3CCOCC3)cc21. The fourth-order valence-corrected chi connectivity index (χ4v) is 4.45. The van der Waals surface area contributed by atoms with Crippen molar-refractivity contribution in [3.63, 3.8) is 0 Å². The summed E-state index contributed by atoms with van der Waals surface area (Å²) in [5.41, 5.74) is 3.33. The number of hydrogen-bond donors (Lipinski definition) is 0. The van der Waals surface area contributed by atoms with E-state index >= 15 is 0 Å². The Bertz CT molecular complexity index is 887.